The predicted molar refractivity (Wildman–Crippen MR) is 104 cm³/mol. The summed E-state index contributed by atoms with van der Waals surface area (Å²) in [6, 6.07) is 20.1. The third-order valence-corrected chi connectivity index (χ3v) is 3.53. The molecule has 0 radical (unpaired) electrons. The maximum atomic E-state index is 11.9. The van der Waals surface area contributed by atoms with E-state index in [0.717, 1.165) is 11.4 Å². The van der Waals surface area contributed by atoms with Crippen LogP contribution in [0.1, 0.15) is 10.4 Å². The van der Waals surface area contributed by atoms with Crippen LogP contribution in [0.2, 0.25) is 0 Å². The molecule has 7 heteroatoms. The minimum Gasteiger partial charge on any atom is -0.457 e. The van der Waals surface area contributed by atoms with E-state index in [-0.39, 0.29) is 11.0 Å². The average molecular weight is 364 g/mol. The topological polar surface area (TPSA) is 75.3 Å². The Morgan fingerprint density at radius 1 is 0.846 bits per heavy atom. The molecule has 0 aliphatic rings. The van der Waals surface area contributed by atoms with Gasteiger partial charge in [-0.25, -0.2) is 0 Å². The molecule has 0 fully saturated rings. The lowest BCUT2D eigenvalue weighted by Gasteiger charge is -2.12. The monoisotopic (exact) mass is 364 g/mol. The zero-order chi connectivity index (χ0) is 18.2. The number of hydrazine groups is 1. The SMILES string of the molecule is O=C(NNC(=S)Nc1ccc(Oc2ccccc2)cc1)c1ccncc1. The number of carbonyl (C=O) groups excluding carboxylic acids is 1. The molecule has 0 saturated heterocycles. The van der Waals surface area contributed by atoms with Crippen molar-refractivity contribution in [2.45, 2.75) is 0 Å². The van der Waals surface area contributed by atoms with Gasteiger partial charge in [-0.1, -0.05) is 18.2 Å². The molecule has 1 heterocycles. The van der Waals surface area contributed by atoms with Crippen LogP contribution in [-0.4, -0.2) is 16.0 Å². The number of carbonyl (C=O) groups is 1. The second kappa shape index (κ2) is 8.59. The van der Waals surface area contributed by atoms with Crippen molar-refractivity contribution in [1.82, 2.24) is 15.8 Å². The molecule has 0 saturated carbocycles. The number of aromatic nitrogens is 1. The largest absolute Gasteiger partial charge is 0.457 e. The highest BCUT2D eigenvalue weighted by molar-refractivity contribution is 7.80. The molecule has 0 aliphatic heterocycles. The van der Waals surface area contributed by atoms with Gasteiger partial charge in [0.25, 0.3) is 5.91 Å². The Kier molecular flexibility index (Phi) is 5.74. The Morgan fingerprint density at radius 3 is 2.19 bits per heavy atom. The molecule has 0 unspecified atom stereocenters. The molecular weight excluding hydrogens is 348 g/mol. The summed E-state index contributed by atoms with van der Waals surface area (Å²) in [6.07, 6.45) is 3.09. The summed E-state index contributed by atoms with van der Waals surface area (Å²) in [5.41, 5.74) is 6.42. The Hall–Kier alpha value is -3.45. The molecule has 6 nitrogen and oxygen atoms in total. The van der Waals surface area contributed by atoms with Gasteiger partial charge in [0.05, 0.1) is 0 Å². The molecule has 3 aromatic rings. The van der Waals surface area contributed by atoms with E-state index in [4.69, 9.17) is 17.0 Å². The second-order valence-electron chi connectivity index (χ2n) is 5.21. The molecule has 3 rings (SSSR count). The summed E-state index contributed by atoms with van der Waals surface area (Å²) in [5, 5.41) is 3.25. The first-order valence-corrected chi connectivity index (χ1v) is 8.22. The molecule has 3 N–H and O–H groups in total. The van der Waals surface area contributed by atoms with Crippen LogP contribution in [-0.2, 0) is 0 Å². The molecule has 1 aromatic heterocycles. The summed E-state index contributed by atoms with van der Waals surface area (Å²) < 4.78 is 5.73. The van der Waals surface area contributed by atoms with E-state index in [1.54, 1.807) is 24.5 Å². The first-order chi connectivity index (χ1) is 12.7. The Morgan fingerprint density at radius 2 is 1.50 bits per heavy atom. The lowest BCUT2D eigenvalue weighted by molar-refractivity contribution is 0.0944. The number of para-hydroxylation sites is 1. The van der Waals surface area contributed by atoms with Gasteiger partial charge in [-0.3, -0.25) is 20.6 Å². The smallest absolute Gasteiger partial charge is 0.269 e. The Bertz CT molecular complexity index is 871. The first kappa shape index (κ1) is 17.4. The highest BCUT2D eigenvalue weighted by Gasteiger charge is 2.05. The molecule has 130 valence electrons. The number of nitrogens with one attached hydrogen (secondary N) is 3. The minimum absolute atomic E-state index is 0.268. The highest BCUT2D eigenvalue weighted by atomic mass is 32.1. The molecule has 0 aliphatic carbocycles. The van der Waals surface area contributed by atoms with Gasteiger partial charge < -0.3 is 10.1 Å². The number of amides is 1. The van der Waals surface area contributed by atoms with Crippen LogP contribution in [0.3, 0.4) is 0 Å². The third-order valence-electron chi connectivity index (χ3n) is 3.32. The van der Waals surface area contributed by atoms with Gasteiger partial charge >= 0.3 is 0 Å². The first-order valence-electron chi connectivity index (χ1n) is 7.81. The van der Waals surface area contributed by atoms with Crippen molar-refractivity contribution in [1.29, 1.82) is 0 Å². The van der Waals surface area contributed by atoms with Gasteiger partial charge in [0.1, 0.15) is 11.5 Å². The molecule has 0 spiro atoms. The van der Waals surface area contributed by atoms with E-state index < -0.39 is 0 Å². The lowest BCUT2D eigenvalue weighted by atomic mass is 10.3. The fourth-order valence-corrected chi connectivity index (χ4v) is 2.25. The lowest BCUT2D eigenvalue weighted by Crippen LogP contribution is -2.43. The number of ether oxygens (including phenoxy) is 1. The maximum absolute atomic E-state index is 11.9. The zero-order valence-electron chi connectivity index (χ0n) is 13.7. The number of pyridine rings is 1. The van der Waals surface area contributed by atoms with E-state index in [1.807, 2.05) is 54.6 Å². The molecule has 0 bridgehead atoms. The van der Waals surface area contributed by atoms with E-state index >= 15 is 0 Å². The predicted octanol–water partition coefficient (Wildman–Crippen LogP) is 3.51. The standard InChI is InChI=1S/C19H16N4O2S/c24-18(14-10-12-20-13-11-14)22-23-19(26)21-15-6-8-17(9-7-15)25-16-4-2-1-3-5-16/h1-13H,(H,22,24)(H2,21,23,26). The van der Waals surface area contributed by atoms with Crippen molar-refractivity contribution >= 4 is 28.9 Å². The van der Waals surface area contributed by atoms with Crippen LogP contribution in [0.25, 0.3) is 0 Å². The number of benzene rings is 2. The van der Waals surface area contributed by atoms with Gasteiger partial charge in [0, 0.05) is 23.6 Å². The van der Waals surface area contributed by atoms with Crippen LogP contribution >= 0.6 is 12.2 Å². The Balaban J connectivity index is 1.49. The molecule has 2 aromatic carbocycles. The number of hydrogen-bond donors (Lipinski definition) is 3. The highest BCUT2D eigenvalue weighted by Crippen LogP contribution is 2.22. The van der Waals surface area contributed by atoms with Crippen molar-refractivity contribution in [3.8, 4) is 11.5 Å². The fraction of sp³-hybridized carbons (Fsp3) is 0. The summed E-state index contributed by atoms with van der Waals surface area (Å²) in [5.74, 6) is 1.18. The van der Waals surface area contributed by atoms with E-state index in [0.29, 0.717) is 11.3 Å². The van der Waals surface area contributed by atoms with Gasteiger partial charge in [-0.15, -0.1) is 0 Å². The minimum atomic E-state index is -0.303. The van der Waals surface area contributed by atoms with Crippen molar-refractivity contribution in [3.63, 3.8) is 0 Å². The van der Waals surface area contributed by atoms with E-state index in [1.165, 1.54) is 0 Å². The van der Waals surface area contributed by atoms with Gasteiger partial charge in [0.2, 0.25) is 0 Å². The molecular formula is C19H16N4O2S. The maximum Gasteiger partial charge on any atom is 0.269 e. The third kappa shape index (κ3) is 5.02. The molecule has 1 amide bonds. The van der Waals surface area contributed by atoms with Crippen LogP contribution in [0.4, 0.5) is 5.69 Å². The fourth-order valence-electron chi connectivity index (χ4n) is 2.08. The Labute approximate surface area is 156 Å². The summed E-state index contributed by atoms with van der Waals surface area (Å²) in [6.45, 7) is 0. The van der Waals surface area contributed by atoms with Crippen molar-refractivity contribution in [2.24, 2.45) is 0 Å². The van der Waals surface area contributed by atoms with E-state index in [9.17, 15) is 4.79 Å². The van der Waals surface area contributed by atoms with E-state index in [2.05, 4.69) is 21.2 Å². The van der Waals surface area contributed by atoms with Crippen LogP contribution in [0.5, 0.6) is 11.5 Å². The summed E-state index contributed by atoms with van der Waals surface area (Å²) in [4.78, 5) is 15.8. The number of nitrogens with zero attached hydrogens (tertiary/aromatic N) is 1. The number of rotatable bonds is 4. The van der Waals surface area contributed by atoms with Gasteiger partial charge in [-0.05, 0) is 60.7 Å². The zero-order valence-corrected chi connectivity index (χ0v) is 14.5. The normalized spacial score (nSPS) is 9.85. The van der Waals surface area contributed by atoms with Crippen LogP contribution < -0.4 is 20.9 Å². The van der Waals surface area contributed by atoms with Crippen LogP contribution in [0, 0.1) is 0 Å². The summed E-state index contributed by atoms with van der Waals surface area (Å²) >= 11 is 5.16. The molecule has 26 heavy (non-hydrogen) atoms. The summed E-state index contributed by atoms with van der Waals surface area (Å²) in [7, 11) is 0. The quantitative estimate of drug-likeness (QED) is 0.486. The van der Waals surface area contributed by atoms with Crippen molar-refractivity contribution in [3.05, 3.63) is 84.7 Å². The van der Waals surface area contributed by atoms with Gasteiger partial charge in [-0.2, -0.15) is 0 Å². The average Bonchev–Trinajstić information content (AvgIpc) is 2.69. The van der Waals surface area contributed by atoms with Crippen LogP contribution in [0.15, 0.2) is 79.1 Å². The van der Waals surface area contributed by atoms with Gasteiger partial charge in [0.15, 0.2) is 5.11 Å². The van der Waals surface area contributed by atoms with Crippen molar-refractivity contribution < 1.29 is 9.53 Å². The molecule has 0 atom stereocenters. The number of anilines is 1. The second-order valence-corrected chi connectivity index (χ2v) is 5.62. The number of hydrogen-bond acceptors (Lipinski definition) is 4. The van der Waals surface area contributed by atoms with Crippen molar-refractivity contribution in [2.75, 3.05) is 5.32 Å². The number of thiocarbonyl (C=S) groups is 1.